The van der Waals surface area contributed by atoms with Gasteiger partial charge in [0.25, 0.3) is 0 Å². The SMILES string of the molecule is CC(=O)N1CC[C@H](c2ccc(-c3ccccc3)cc2)C1. The molecule has 2 aromatic carbocycles. The summed E-state index contributed by atoms with van der Waals surface area (Å²) in [6.45, 7) is 3.40. The molecule has 1 atom stereocenters. The van der Waals surface area contributed by atoms with Gasteiger partial charge in [0.05, 0.1) is 0 Å². The lowest BCUT2D eigenvalue weighted by Crippen LogP contribution is -2.25. The molecule has 0 unspecified atom stereocenters. The first kappa shape index (κ1) is 12.9. The number of hydrogen-bond donors (Lipinski definition) is 0. The van der Waals surface area contributed by atoms with E-state index in [0.29, 0.717) is 5.92 Å². The van der Waals surface area contributed by atoms with E-state index in [0.717, 1.165) is 19.5 Å². The third-order valence-electron chi connectivity index (χ3n) is 4.12. The fraction of sp³-hybridized carbons (Fsp3) is 0.278. The van der Waals surface area contributed by atoms with Crippen LogP contribution in [0.2, 0.25) is 0 Å². The maximum Gasteiger partial charge on any atom is 0.219 e. The molecular weight excluding hydrogens is 246 g/mol. The minimum atomic E-state index is 0.188. The average molecular weight is 265 g/mol. The van der Waals surface area contributed by atoms with Crippen molar-refractivity contribution in [3.63, 3.8) is 0 Å². The second-order valence-corrected chi connectivity index (χ2v) is 5.44. The third kappa shape index (κ3) is 2.60. The number of hydrogen-bond acceptors (Lipinski definition) is 1. The van der Waals surface area contributed by atoms with Crippen molar-refractivity contribution < 1.29 is 4.79 Å². The summed E-state index contributed by atoms with van der Waals surface area (Å²) in [6, 6.07) is 19.2. The fourth-order valence-electron chi connectivity index (χ4n) is 2.90. The number of likely N-dealkylation sites (tertiary alicyclic amines) is 1. The van der Waals surface area contributed by atoms with Gasteiger partial charge in [0.15, 0.2) is 0 Å². The highest BCUT2D eigenvalue weighted by Crippen LogP contribution is 2.29. The summed E-state index contributed by atoms with van der Waals surface area (Å²) in [5.41, 5.74) is 3.83. The van der Waals surface area contributed by atoms with Crippen LogP contribution in [0.5, 0.6) is 0 Å². The lowest BCUT2D eigenvalue weighted by molar-refractivity contribution is -0.127. The molecule has 0 aromatic heterocycles. The van der Waals surface area contributed by atoms with Crippen molar-refractivity contribution in [1.29, 1.82) is 0 Å². The summed E-state index contributed by atoms with van der Waals surface area (Å²) < 4.78 is 0. The Hall–Kier alpha value is -2.09. The van der Waals surface area contributed by atoms with Gasteiger partial charge in [-0.1, -0.05) is 54.6 Å². The summed E-state index contributed by atoms with van der Waals surface area (Å²) in [5, 5.41) is 0. The van der Waals surface area contributed by atoms with Crippen molar-refractivity contribution >= 4 is 5.91 Å². The second-order valence-electron chi connectivity index (χ2n) is 5.44. The summed E-state index contributed by atoms with van der Waals surface area (Å²) in [6.07, 6.45) is 1.07. The van der Waals surface area contributed by atoms with Gasteiger partial charge in [-0.25, -0.2) is 0 Å². The van der Waals surface area contributed by atoms with Crippen LogP contribution in [0.4, 0.5) is 0 Å². The molecule has 20 heavy (non-hydrogen) atoms. The monoisotopic (exact) mass is 265 g/mol. The molecular formula is C18H19NO. The molecule has 2 heteroatoms. The van der Waals surface area contributed by atoms with E-state index < -0.39 is 0 Å². The van der Waals surface area contributed by atoms with Crippen LogP contribution in [-0.4, -0.2) is 23.9 Å². The predicted molar refractivity (Wildman–Crippen MR) is 81.5 cm³/mol. The number of nitrogens with zero attached hydrogens (tertiary/aromatic N) is 1. The zero-order valence-corrected chi connectivity index (χ0v) is 11.8. The predicted octanol–water partition coefficient (Wildman–Crippen LogP) is 3.69. The molecule has 0 aliphatic carbocycles. The molecule has 1 fully saturated rings. The van der Waals surface area contributed by atoms with E-state index in [4.69, 9.17) is 0 Å². The maximum atomic E-state index is 11.4. The average Bonchev–Trinajstić information content (AvgIpc) is 2.98. The molecule has 1 saturated heterocycles. The Bertz CT molecular complexity index is 589. The van der Waals surface area contributed by atoms with Crippen LogP contribution in [-0.2, 0) is 4.79 Å². The Balaban J connectivity index is 1.76. The first-order chi connectivity index (χ1) is 9.74. The molecule has 0 spiro atoms. The Morgan fingerprint density at radius 2 is 1.65 bits per heavy atom. The first-order valence-corrected chi connectivity index (χ1v) is 7.15. The van der Waals surface area contributed by atoms with Gasteiger partial charge in [-0.05, 0) is 23.1 Å². The molecule has 2 aromatic rings. The number of rotatable bonds is 2. The standard InChI is InChI=1S/C18H19NO/c1-14(20)19-12-11-18(13-19)17-9-7-16(8-10-17)15-5-3-2-4-6-15/h2-10,18H,11-13H2,1H3/t18-/m0/s1. The van der Waals surface area contributed by atoms with Crippen molar-refractivity contribution in [3.8, 4) is 11.1 Å². The summed E-state index contributed by atoms with van der Waals surface area (Å²) in [7, 11) is 0. The topological polar surface area (TPSA) is 20.3 Å². The lowest BCUT2D eigenvalue weighted by atomic mass is 9.96. The van der Waals surface area contributed by atoms with Crippen LogP contribution in [0, 0.1) is 0 Å². The number of amides is 1. The smallest absolute Gasteiger partial charge is 0.219 e. The van der Waals surface area contributed by atoms with Gasteiger partial charge < -0.3 is 4.90 Å². The molecule has 0 bridgehead atoms. The van der Waals surface area contributed by atoms with Gasteiger partial charge >= 0.3 is 0 Å². The van der Waals surface area contributed by atoms with Crippen LogP contribution in [0.3, 0.4) is 0 Å². The van der Waals surface area contributed by atoms with Crippen molar-refractivity contribution in [2.24, 2.45) is 0 Å². The van der Waals surface area contributed by atoms with Gasteiger partial charge in [0.1, 0.15) is 0 Å². The van der Waals surface area contributed by atoms with Crippen LogP contribution in [0.25, 0.3) is 11.1 Å². The van der Waals surface area contributed by atoms with E-state index in [9.17, 15) is 4.79 Å². The van der Waals surface area contributed by atoms with Gasteiger partial charge in [-0.2, -0.15) is 0 Å². The van der Waals surface area contributed by atoms with Gasteiger partial charge in [0.2, 0.25) is 5.91 Å². The van der Waals surface area contributed by atoms with Crippen LogP contribution < -0.4 is 0 Å². The minimum Gasteiger partial charge on any atom is -0.342 e. The summed E-state index contributed by atoms with van der Waals surface area (Å²) >= 11 is 0. The number of carbonyl (C=O) groups is 1. The first-order valence-electron chi connectivity index (χ1n) is 7.15. The largest absolute Gasteiger partial charge is 0.342 e. The molecule has 1 heterocycles. The van der Waals surface area contributed by atoms with Crippen LogP contribution >= 0.6 is 0 Å². The normalized spacial score (nSPS) is 18.2. The maximum absolute atomic E-state index is 11.4. The Morgan fingerprint density at radius 1 is 1.00 bits per heavy atom. The lowest BCUT2D eigenvalue weighted by Gasteiger charge is -2.14. The van der Waals surface area contributed by atoms with Crippen molar-refractivity contribution in [2.45, 2.75) is 19.3 Å². The molecule has 0 saturated carbocycles. The van der Waals surface area contributed by atoms with Gasteiger partial charge in [0, 0.05) is 25.9 Å². The van der Waals surface area contributed by atoms with E-state index in [1.54, 1.807) is 6.92 Å². The van der Waals surface area contributed by atoms with Gasteiger partial charge in [-0.3, -0.25) is 4.79 Å². The molecule has 1 aliphatic rings. The zero-order chi connectivity index (χ0) is 13.9. The Morgan fingerprint density at radius 3 is 2.25 bits per heavy atom. The molecule has 2 nitrogen and oxygen atoms in total. The highest BCUT2D eigenvalue weighted by molar-refractivity contribution is 5.73. The van der Waals surface area contributed by atoms with Crippen molar-refractivity contribution in [1.82, 2.24) is 4.90 Å². The fourth-order valence-corrected chi connectivity index (χ4v) is 2.90. The van der Waals surface area contributed by atoms with E-state index in [1.807, 2.05) is 11.0 Å². The molecule has 1 aliphatic heterocycles. The van der Waals surface area contributed by atoms with Gasteiger partial charge in [-0.15, -0.1) is 0 Å². The molecule has 0 radical (unpaired) electrons. The summed E-state index contributed by atoms with van der Waals surface area (Å²) in [5.74, 6) is 0.678. The van der Waals surface area contributed by atoms with Crippen LogP contribution in [0.15, 0.2) is 54.6 Å². The Labute approximate surface area is 120 Å². The third-order valence-corrected chi connectivity index (χ3v) is 4.12. The van der Waals surface area contributed by atoms with E-state index >= 15 is 0 Å². The molecule has 0 N–H and O–H groups in total. The second kappa shape index (κ2) is 5.49. The minimum absolute atomic E-state index is 0.188. The van der Waals surface area contributed by atoms with Crippen LogP contribution in [0.1, 0.15) is 24.8 Å². The van der Waals surface area contributed by atoms with E-state index in [2.05, 4.69) is 48.5 Å². The highest BCUT2D eigenvalue weighted by Gasteiger charge is 2.25. The summed E-state index contributed by atoms with van der Waals surface area (Å²) in [4.78, 5) is 13.3. The van der Waals surface area contributed by atoms with E-state index in [1.165, 1.54) is 16.7 Å². The van der Waals surface area contributed by atoms with Crippen molar-refractivity contribution in [2.75, 3.05) is 13.1 Å². The Kier molecular flexibility index (Phi) is 3.55. The van der Waals surface area contributed by atoms with Crippen molar-refractivity contribution in [3.05, 3.63) is 60.2 Å². The highest BCUT2D eigenvalue weighted by atomic mass is 16.2. The number of benzene rings is 2. The van der Waals surface area contributed by atoms with E-state index in [-0.39, 0.29) is 5.91 Å². The molecule has 102 valence electrons. The zero-order valence-electron chi connectivity index (χ0n) is 11.8. The molecule has 3 rings (SSSR count). The molecule has 1 amide bonds. The quantitative estimate of drug-likeness (QED) is 0.811. The number of carbonyl (C=O) groups excluding carboxylic acids is 1.